The normalized spacial score (nSPS) is 24.4. The lowest BCUT2D eigenvalue weighted by Crippen LogP contribution is -2.22. The Morgan fingerprint density at radius 3 is 2.05 bits per heavy atom. The summed E-state index contributed by atoms with van der Waals surface area (Å²) in [6.45, 7) is 14.5. The molecular weight excluding hydrogens is 235 g/mol. The highest BCUT2D eigenvalue weighted by Crippen LogP contribution is 2.37. The van der Waals surface area contributed by atoms with Crippen LogP contribution in [0.2, 0.25) is 0 Å². The maximum atomic E-state index is 13.2. The molecule has 0 aromatic carbocycles. The molecule has 1 heteroatoms. The first-order chi connectivity index (χ1) is 9.11. The number of rotatable bonds is 6. The van der Waals surface area contributed by atoms with Gasteiger partial charge in [0, 0.05) is 0 Å². The minimum atomic E-state index is -0.724. The van der Waals surface area contributed by atoms with Crippen LogP contribution in [-0.2, 0) is 0 Å². The van der Waals surface area contributed by atoms with Crippen molar-refractivity contribution in [2.24, 2.45) is 17.8 Å². The summed E-state index contributed by atoms with van der Waals surface area (Å²) in [6, 6.07) is 0. The minimum Gasteiger partial charge on any atom is -0.243 e. The molecule has 19 heavy (non-hydrogen) atoms. The van der Waals surface area contributed by atoms with Crippen LogP contribution in [0.3, 0.4) is 0 Å². The molecule has 1 aliphatic carbocycles. The van der Waals surface area contributed by atoms with Crippen LogP contribution in [0.15, 0.2) is 12.2 Å². The van der Waals surface area contributed by atoms with Gasteiger partial charge in [-0.2, -0.15) is 0 Å². The second-order valence-electron chi connectivity index (χ2n) is 5.35. The number of halogens is 1. The standard InChI is InChI=1S/C14H25F.2C2H6/c1-4-5-14(15)7-6-11(2)8-13-9-12(3)10-13;2*1-2/h6-7,11-14H,4-5,8-10H2,1-3H3;2*1-2H3/b7-6-;;. The summed E-state index contributed by atoms with van der Waals surface area (Å²) in [7, 11) is 0. The minimum absolute atomic E-state index is 0.553. The molecule has 116 valence electrons. The first kappa shape index (κ1) is 21.0. The Morgan fingerprint density at radius 1 is 1.11 bits per heavy atom. The fraction of sp³-hybridized carbons (Fsp3) is 0.889. The molecule has 2 atom stereocenters. The zero-order valence-electron chi connectivity index (χ0n) is 14.4. The molecule has 0 amide bonds. The molecular formula is C18H37F. The first-order valence-electron chi connectivity index (χ1n) is 8.44. The van der Waals surface area contributed by atoms with Crippen LogP contribution in [-0.4, -0.2) is 6.17 Å². The molecule has 0 heterocycles. The van der Waals surface area contributed by atoms with Gasteiger partial charge in [0.1, 0.15) is 6.17 Å². The van der Waals surface area contributed by atoms with Crippen molar-refractivity contribution < 1.29 is 4.39 Å². The van der Waals surface area contributed by atoms with Crippen molar-refractivity contribution in [3.05, 3.63) is 12.2 Å². The van der Waals surface area contributed by atoms with E-state index in [-0.39, 0.29) is 0 Å². The zero-order valence-corrected chi connectivity index (χ0v) is 14.4. The van der Waals surface area contributed by atoms with Gasteiger partial charge in [0.15, 0.2) is 0 Å². The molecule has 0 nitrogen and oxygen atoms in total. The molecule has 0 N–H and O–H groups in total. The third kappa shape index (κ3) is 11.2. The summed E-state index contributed by atoms with van der Waals surface area (Å²) >= 11 is 0. The average molecular weight is 272 g/mol. The molecule has 1 aliphatic rings. The molecule has 0 radical (unpaired) electrons. The van der Waals surface area contributed by atoms with Gasteiger partial charge < -0.3 is 0 Å². The SMILES string of the molecule is CC.CC.CCCC(F)/C=C\C(C)CC1CC(C)C1. The molecule has 1 fully saturated rings. The molecule has 0 aromatic heterocycles. The Hall–Kier alpha value is -0.330. The maximum Gasteiger partial charge on any atom is 0.118 e. The topological polar surface area (TPSA) is 0 Å². The van der Waals surface area contributed by atoms with E-state index in [1.165, 1.54) is 19.3 Å². The Balaban J connectivity index is 0. The highest BCUT2D eigenvalue weighted by molar-refractivity contribution is 4.93. The van der Waals surface area contributed by atoms with Crippen molar-refractivity contribution in [1.29, 1.82) is 0 Å². The van der Waals surface area contributed by atoms with E-state index in [2.05, 4.69) is 19.9 Å². The van der Waals surface area contributed by atoms with Gasteiger partial charge in [0.25, 0.3) is 0 Å². The van der Waals surface area contributed by atoms with Crippen molar-refractivity contribution in [3.63, 3.8) is 0 Å². The Labute approximate surface area is 121 Å². The molecule has 0 aliphatic heterocycles. The smallest absolute Gasteiger partial charge is 0.118 e. The summed E-state index contributed by atoms with van der Waals surface area (Å²) in [5, 5.41) is 0. The van der Waals surface area contributed by atoms with E-state index in [1.54, 1.807) is 6.08 Å². The van der Waals surface area contributed by atoms with Crippen LogP contribution in [0.1, 0.15) is 80.6 Å². The highest BCUT2D eigenvalue weighted by Gasteiger charge is 2.25. The van der Waals surface area contributed by atoms with E-state index >= 15 is 0 Å². The molecule has 0 spiro atoms. The second kappa shape index (κ2) is 14.1. The van der Waals surface area contributed by atoms with E-state index in [0.29, 0.717) is 12.3 Å². The average Bonchev–Trinajstić information content (AvgIpc) is 2.40. The van der Waals surface area contributed by atoms with Crippen LogP contribution in [0.5, 0.6) is 0 Å². The molecule has 1 saturated carbocycles. The quantitative estimate of drug-likeness (QED) is 0.466. The number of hydrogen-bond acceptors (Lipinski definition) is 0. The van der Waals surface area contributed by atoms with E-state index in [4.69, 9.17) is 0 Å². The molecule has 1 rings (SSSR count). The lowest BCUT2D eigenvalue weighted by atomic mass is 9.72. The van der Waals surface area contributed by atoms with Gasteiger partial charge in [-0.3, -0.25) is 0 Å². The van der Waals surface area contributed by atoms with Gasteiger partial charge in [0.2, 0.25) is 0 Å². The van der Waals surface area contributed by atoms with Crippen molar-refractivity contribution in [1.82, 2.24) is 0 Å². The van der Waals surface area contributed by atoms with Gasteiger partial charge in [-0.1, -0.05) is 67.0 Å². The van der Waals surface area contributed by atoms with Crippen molar-refractivity contribution in [3.8, 4) is 0 Å². The molecule has 0 aromatic rings. The Bertz CT molecular complexity index is 192. The summed E-state index contributed by atoms with van der Waals surface area (Å²) in [4.78, 5) is 0. The second-order valence-corrected chi connectivity index (χ2v) is 5.35. The first-order valence-corrected chi connectivity index (χ1v) is 8.44. The van der Waals surface area contributed by atoms with Gasteiger partial charge >= 0.3 is 0 Å². The van der Waals surface area contributed by atoms with E-state index in [1.807, 2.05) is 34.6 Å². The number of allylic oxidation sites excluding steroid dienone is 2. The molecule has 0 saturated heterocycles. The van der Waals surface area contributed by atoms with E-state index in [0.717, 1.165) is 18.3 Å². The highest BCUT2D eigenvalue weighted by atomic mass is 19.1. The van der Waals surface area contributed by atoms with Gasteiger partial charge in [-0.25, -0.2) is 4.39 Å². The van der Waals surface area contributed by atoms with Crippen LogP contribution >= 0.6 is 0 Å². The summed E-state index contributed by atoms with van der Waals surface area (Å²) in [5.41, 5.74) is 0. The third-order valence-electron chi connectivity index (χ3n) is 3.39. The van der Waals surface area contributed by atoms with Crippen molar-refractivity contribution >= 4 is 0 Å². The van der Waals surface area contributed by atoms with E-state index < -0.39 is 6.17 Å². The van der Waals surface area contributed by atoms with Crippen LogP contribution in [0.4, 0.5) is 4.39 Å². The Morgan fingerprint density at radius 2 is 1.63 bits per heavy atom. The lowest BCUT2D eigenvalue weighted by molar-refractivity contribution is 0.186. The summed E-state index contributed by atoms with van der Waals surface area (Å²) in [6.07, 6.45) is 8.72. The zero-order chi connectivity index (χ0) is 15.3. The predicted molar refractivity (Wildman–Crippen MR) is 87.3 cm³/mol. The van der Waals surface area contributed by atoms with Crippen molar-refractivity contribution in [2.45, 2.75) is 86.7 Å². The lowest BCUT2D eigenvalue weighted by Gasteiger charge is -2.34. The number of alkyl halides is 1. The van der Waals surface area contributed by atoms with Gasteiger partial charge in [-0.15, -0.1) is 0 Å². The van der Waals surface area contributed by atoms with Crippen LogP contribution < -0.4 is 0 Å². The van der Waals surface area contributed by atoms with Crippen LogP contribution in [0.25, 0.3) is 0 Å². The fourth-order valence-corrected chi connectivity index (χ4v) is 2.55. The van der Waals surface area contributed by atoms with Crippen LogP contribution in [0, 0.1) is 17.8 Å². The monoisotopic (exact) mass is 272 g/mol. The Kier molecular flexibility index (Phi) is 15.6. The van der Waals surface area contributed by atoms with Gasteiger partial charge in [0.05, 0.1) is 0 Å². The summed E-state index contributed by atoms with van der Waals surface area (Å²) in [5.74, 6) is 2.39. The van der Waals surface area contributed by atoms with Crippen molar-refractivity contribution in [2.75, 3.05) is 0 Å². The largest absolute Gasteiger partial charge is 0.243 e. The molecule has 0 bridgehead atoms. The molecule has 2 unspecified atom stereocenters. The maximum absolute atomic E-state index is 13.2. The third-order valence-corrected chi connectivity index (χ3v) is 3.39. The van der Waals surface area contributed by atoms with E-state index in [9.17, 15) is 4.39 Å². The predicted octanol–water partition coefficient (Wildman–Crippen LogP) is 6.81. The van der Waals surface area contributed by atoms with Gasteiger partial charge in [-0.05, 0) is 43.4 Å². The summed E-state index contributed by atoms with van der Waals surface area (Å²) < 4.78 is 13.2. The fourth-order valence-electron chi connectivity index (χ4n) is 2.55. The number of hydrogen-bond donors (Lipinski definition) is 0.